The molecule has 1 heterocycles. The lowest BCUT2D eigenvalue weighted by molar-refractivity contribution is -0.118. The topological polar surface area (TPSA) is 99.8 Å². The van der Waals surface area contributed by atoms with Crippen LogP contribution >= 0.6 is 11.8 Å². The van der Waals surface area contributed by atoms with E-state index in [0.29, 0.717) is 29.4 Å². The lowest BCUT2D eigenvalue weighted by Crippen LogP contribution is -2.44. The van der Waals surface area contributed by atoms with Gasteiger partial charge in [0.25, 0.3) is 5.91 Å². The molecule has 0 radical (unpaired) electrons. The van der Waals surface area contributed by atoms with Crippen molar-refractivity contribution in [1.82, 2.24) is 20.5 Å². The van der Waals surface area contributed by atoms with Gasteiger partial charge in [0, 0.05) is 22.7 Å². The Balaban J connectivity index is 1.41. The number of aromatic nitrogens is 3. The third-order valence-corrected chi connectivity index (χ3v) is 6.03. The van der Waals surface area contributed by atoms with Crippen LogP contribution in [0.15, 0.2) is 48.5 Å². The number of benzene rings is 2. The van der Waals surface area contributed by atoms with Crippen molar-refractivity contribution in [1.29, 1.82) is 0 Å². The SMILES string of the molecule is CSCCC(NC(=O)c1cccc(C)c1)C(=O)Nc1ccc(-c2n[nH]c(C3CC3)n2)cc1. The van der Waals surface area contributed by atoms with Gasteiger partial charge in [0.2, 0.25) is 5.91 Å². The van der Waals surface area contributed by atoms with E-state index in [1.165, 1.54) is 0 Å². The summed E-state index contributed by atoms with van der Waals surface area (Å²) in [7, 11) is 0. The number of amides is 2. The number of H-pyrrole nitrogens is 1. The molecule has 1 saturated carbocycles. The molecule has 2 amide bonds. The normalized spacial score (nSPS) is 14.1. The Hall–Kier alpha value is -3.13. The number of hydrogen-bond donors (Lipinski definition) is 3. The second-order valence-corrected chi connectivity index (χ2v) is 9.05. The van der Waals surface area contributed by atoms with Crippen molar-refractivity contribution in [3.05, 3.63) is 65.5 Å². The minimum Gasteiger partial charge on any atom is -0.340 e. The maximum atomic E-state index is 12.9. The fraction of sp³-hybridized carbons (Fsp3) is 0.333. The van der Waals surface area contributed by atoms with E-state index in [9.17, 15) is 9.59 Å². The van der Waals surface area contributed by atoms with Gasteiger partial charge in [0.1, 0.15) is 11.9 Å². The maximum absolute atomic E-state index is 12.9. The molecule has 8 heteroatoms. The van der Waals surface area contributed by atoms with Crippen LogP contribution < -0.4 is 10.6 Å². The number of nitrogens with zero attached hydrogens (tertiary/aromatic N) is 2. The quantitative estimate of drug-likeness (QED) is 0.456. The van der Waals surface area contributed by atoms with Crippen LogP contribution in [0.1, 0.15) is 46.9 Å². The zero-order valence-corrected chi connectivity index (χ0v) is 19.0. The van der Waals surface area contributed by atoms with E-state index in [1.54, 1.807) is 17.8 Å². The molecule has 0 aliphatic heterocycles. The highest BCUT2D eigenvalue weighted by atomic mass is 32.2. The molecule has 0 spiro atoms. The Morgan fingerprint density at radius 2 is 1.97 bits per heavy atom. The van der Waals surface area contributed by atoms with Gasteiger partial charge in [-0.25, -0.2) is 4.98 Å². The molecule has 32 heavy (non-hydrogen) atoms. The van der Waals surface area contributed by atoms with Crippen LogP contribution in [-0.4, -0.2) is 45.0 Å². The van der Waals surface area contributed by atoms with E-state index in [2.05, 4.69) is 25.8 Å². The maximum Gasteiger partial charge on any atom is 0.251 e. The first-order valence-electron chi connectivity index (χ1n) is 10.7. The van der Waals surface area contributed by atoms with Gasteiger partial charge in [-0.3, -0.25) is 14.7 Å². The van der Waals surface area contributed by atoms with E-state index in [-0.39, 0.29) is 11.8 Å². The standard InChI is InChI=1S/C24H27N5O2S/c1-15-4-3-5-18(14-15)23(30)26-20(12-13-32-2)24(31)25-19-10-8-17(9-11-19)22-27-21(28-29-22)16-6-7-16/h3-5,8-11,14,16,20H,6-7,12-13H2,1-2H3,(H,25,31)(H,26,30)(H,27,28,29). The molecule has 166 valence electrons. The highest BCUT2D eigenvalue weighted by Crippen LogP contribution is 2.38. The Morgan fingerprint density at radius 1 is 1.19 bits per heavy atom. The van der Waals surface area contributed by atoms with Gasteiger partial charge in [-0.05, 0) is 74.6 Å². The molecule has 0 bridgehead atoms. The van der Waals surface area contributed by atoms with Gasteiger partial charge >= 0.3 is 0 Å². The van der Waals surface area contributed by atoms with E-state index < -0.39 is 6.04 Å². The Kier molecular flexibility index (Phi) is 6.90. The van der Waals surface area contributed by atoms with Crippen LogP contribution in [0.25, 0.3) is 11.4 Å². The molecule has 1 aromatic heterocycles. The summed E-state index contributed by atoms with van der Waals surface area (Å²) in [5, 5.41) is 13.1. The summed E-state index contributed by atoms with van der Waals surface area (Å²) in [6.07, 6.45) is 4.85. The zero-order chi connectivity index (χ0) is 22.5. The van der Waals surface area contributed by atoms with Gasteiger partial charge in [-0.1, -0.05) is 17.7 Å². The van der Waals surface area contributed by atoms with Crippen molar-refractivity contribution in [3.63, 3.8) is 0 Å². The summed E-state index contributed by atoms with van der Waals surface area (Å²) < 4.78 is 0. The first-order valence-corrected chi connectivity index (χ1v) is 12.1. The largest absolute Gasteiger partial charge is 0.340 e. The molecule has 1 aliphatic rings. The van der Waals surface area contributed by atoms with Crippen molar-refractivity contribution >= 4 is 29.3 Å². The number of carbonyl (C=O) groups excluding carboxylic acids is 2. The molecule has 2 aromatic carbocycles. The van der Waals surface area contributed by atoms with Gasteiger partial charge in [-0.2, -0.15) is 16.9 Å². The Labute approximate surface area is 191 Å². The van der Waals surface area contributed by atoms with Crippen molar-refractivity contribution < 1.29 is 9.59 Å². The Morgan fingerprint density at radius 3 is 2.66 bits per heavy atom. The molecule has 4 rings (SSSR count). The first-order chi connectivity index (χ1) is 15.5. The summed E-state index contributed by atoms with van der Waals surface area (Å²) in [6.45, 7) is 1.93. The predicted octanol–water partition coefficient (Wildman–Crippen LogP) is 4.15. The van der Waals surface area contributed by atoms with Crippen LogP contribution in [0, 0.1) is 6.92 Å². The molecular weight excluding hydrogens is 422 g/mol. The predicted molar refractivity (Wildman–Crippen MR) is 128 cm³/mol. The lowest BCUT2D eigenvalue weighted by Gasteiger charge is -2.18. The molecule has 3 aromatic rings. The molecule has 0 saturated heterocycles. The minimum absolute atomic E-state index is 0.235. The molecule has 7 nitrogen and oxygen atoms in total. The molecule has 1 aliphatic carbocycles. The number of aryl methyl sites for hydroxylation is 1. The number of nitrogens with one attached hydrogen (secondary N) is 3. The summed E-state index contributed by atoms with van der Waals surface area (Å²) in [6, 6.07) is 14.1. The van der Waals surface area contributed by atoms with Crippen LogP contribution in [0.3, 0.4) is 0 Å². The van der Waals surface area contributed by atoms with Gasteiger partial charge in [0.15, 0.2) is 5.82 Å². The number of aromatic amines is 1. The van der Waals surface area contributed by atoms with Gasteiger partial charge in [-0.15, -0.1) is 0 Å². The van der Waals surface area contributed by atoms with E-state index in [1.807, 2.05) is 55.6 Å². The third-order valence-electron chi connectivity index (χ3n) is 5.39. The van der Waals surface area contributed by atoms with E-state index in [0.717, 1.165) is 35.5 Å². The number of hydrogen-bond acceptors (Lipinski definition) is 5. The number of anilines is 1. The van der Waals surface area contributed by atoms with Crippen LogP contribution in [-0.2, 0) is 4.79 Å². The monoisotopic (exact) mass is 449 g/mol. The molecular formula is C24H27N5O2S. The fourth-order valence-corrected chi connectivity index (χ4v) is 3.88. The van der Waals surface area contributed by atoms with Crippen molar-refractivity contribution in [2.24, 2.45) is 0 Å². The average molecular weight is 450 g/mol. The van der Waals surface area contributed by atoms with Gasteiger partial charge < -0.3 is 10.6 Å². The van der Waals surface area contributed by atoms with E-state index in [4.69, 9.17) is 0 Å². The summed E-state index contributed by atoms with van der Waals surface area (Å²) in [5.41, 5.74) is 3.10. The number of rotatable bonds is 9. The second-order valence-electron chi connectivity index (χ2n) is 8.06. The van der Waals surface area contributed by atoms with Crippen molar-refractivity contribution in [2.45, 2.75) is 38.1 Å². The minimum atomic E-state index is -0.621. The summed E-state index contributed by atoms with van der Waals surface area (Å²) in [5.74, 6) is 2.40. The van der Waals surface area contributed by atoms with Crippen LogP contribution in [0.2, 0.25) is 0 Å². The van der Waals surface area contributed by atoms with Crippen LogP contribution in [0.5, 0.6) is 0 Å². The summed E-state index contributed by atoms with van der Waals surface area (Å²) in [4.78, 5) is 30.2. The fourth-order valence-electron chi connectivity index (χ4n) is 3.41. The van der Waals surface area contributed by atoms with Gasteiger partial charge in [0.05, 0.1) is 0 Å². The summed E-state index contributed by atoms with van der Waals surface area (Å²) >= 11 is 1.64. The second kappa shape index (κ2) is 9.99. The zero-order valence-electron chi connectivity index (χ0n) is 18.2. The van der Waals surface area contributed by atoms with E-state index >= 15 is 0 Å². The smallest absolute Gasteiger partial charge is 0.251 e. The lowest BCUT2D eigenvalue weighted by atomic mass is 10.1. The Bertz CT molecular complexity index is 1090. The molecule has 1 fully saturated rings. The van der Waals surface area contributed by atoms with Crippen LogP contribution in [0.4, 0.5) is 5.69 Å². The highest BCUT2D eigenvalue weighted by Gasteiger charge is 2.27. The molecule has 3 N–H and O–H groups in total. The molecule has 1 atom stereocenters. The third kappa shape index (κ3) is 5.56. The average Bonchev–Trinajstić information content (AvgIpc) is 3.53. The first kappa shape index (κ1) is 22.1. The highest BCUT2D eigenvalue weighted by molar-refractivity contribution is 7.98. The number of thioether (sulfide) groups is 1. The van der Waals surface area contributed by atoms with Crippen molar-refractivity contribution in [2.75, 3.05) is 17.3 Å². The number of carbonyl (C=O) groups is 2. The molecule has 1 unspecified atom stereocenters. The van der Waals surface area contributed by atoms with Crippen molar-refractivity contribution in [3.8, 4) is 11.4 Å².